The van der Waals surface area contributed by atoms with Crippen molar-refractivity contribution in [2.24, 2.45) is 17.8 Å². The molecule has 34 heavy (non-hydrogen) atoms. The fraction of sp³-hybridized carbons (Fsp3) is 0.444. The van der Waals surface area contributed by atoms with Gasteiger partial charge in [-0.25, -0.2) is 4.98 Å². The Hall–Kier alpha value is -2.38. The molecule has 0 saturated heterocycles. The number of allylic oxidation sites excluding steroid dienone is 1. The van der Waals surface area contributed by atoms with E-state index in [1.807, 2.05) is 36.4 Å². The lowest BCUT2D eigenvalue weighted by atomic mass is 9.53. The minimum atomic E-state index is -0.0766. The molecule has 4 saturated carbocycles. The van der Waals surface area contributed by atoms with Crippen LogP contribution in [0.2, 0.25) is 0 Å². The van der Waals surface area contributed by atoms with Gasteiger partial charge in [0.2, 0.25) is 5.91 Å². The third kappa shape index (κ3) is 4.03. The highest BCUT2D eigenvalue weighted by atomic mass is 32.2. The molecule has 5 nitrogen and oxygen atoms in total. The summed E-state index contributed by atoms with van der Waals surface area (Å²) in [7, 11) is 0. The Labute approximate surface area is 207 Å². The van der Waals surface area contributed by atoms with E-state index in [4.69, 9.17) is 4.98 Å². The van der Waals surface area contributed by atoms with Crippen LogP contribution in [0.4, 0.5) is 0 Å². The summed E-state index contributed by atoms with van der Waals surface area (Å²) < 4.78 is 1.64. The summed E-state index contributed by atoms with van der Waals surface area (Å²) >= 11 is 2.88. The van der Waals surface area contributed by atoms with Gasteiger partial charge < -0.3 is 5.32 Å². The van der Waals surface area contributed by atoms with E-state index in [0.717, 1.165) is 47.5 Å². The first-order valence-electron chi connectivity index (χ1n) is 12.2. The Morgan fingerprint density at radius 1 is 1.18 bits per heavy atom. The number of amides is 1. The summed E-state index contributed by atoms with van der Waals surface area (Å²) in [6.07, 6.45) is 9.18. The molecule has 1 aromatic carbocycles. The Kier molecular flexibility index (Phi) is 5.65. The van der Waals surface area contributed by atoms with Gasteiger partial charge in [0.25, 0.3) is 5.56 Å². The predicted molar refractivity (Wildman–Crippen MR) is 139 cm³/mol. The van der Waals surface area contributed by atoms with Gasteiger partial charge in [-0.15, -0.1) is 17.9 Å². The van der Waals surface area contributed by atoms with Crippen molar-refractivity contribution in [2.75, 3.05) is 5.75 Å². The number of aromatic nitrogens is 2. The second-order valence-corrected chi connectivity index (χ2v) is 12.3. The van der Waals surface area contributed by atoms with Crippen molar-refractivity contribution in [3.05, 3.63) is 59.4 Å². The van der Waals surface area contributed by atoms with Crippen molar-refractivity contribution in [1.82, 2.24) is 14.9 Å². The van der Waals surface area contributed by atoms with Crippen molar-refractivity contribution in [2.45, 2.75) is 55.8 Å². The van der Waals surface area contributed by atoms with Crippen molar-refractivity contribution >= 4 is 39.2 Å². The molecule has 4 fully saturated rings. The van der Waals surface area contributed by atoms with Gasteiger partial charge >= 0.3 is 0 Å². The van der Waals surface area contributed by atoms with Crippen molar-refractivity contribution < 1.29 is 4.79 Å². The van der Waals surface area contributed by atoms with Crippen LogP contribution < -0.4 is 10.9 Å². The number of fused-ring (bicyclic) bond motifs is 1. The number of benzene rings is 1. The zero-order chi connectivity index (χ0) is 23.3. The first-order chi connectivity index (χ1) is 16.5. The summed E-state index contributed by atoms with van der Waals surface area (Å²) in [5, 5.41) is 4.63. The molecule has 0 atom stereocenters. The van der Waals surface area contributed by atoms with Gasteiger partial charge in [0.15, 0.2) is 5.16 Å². The van der Waals surface area contributed by atoms with E-state index < -0.39 is 0 Å². The van der Waals surface area contributed by atoms with Crippen molar-refractivity contribution in [3.63, 3.8) is 0 Å². The number of thioether (sulfide) groups is 1. The average Bonchev–Trinajstić information content (AvgIpc) is 3.24. The molecule has 0 radical (unpaired) electrons. The van der Waals surface area contributed by atoms with Crippen LogP contribution in [-0.4, -0.2) is 26.8 Å². The quantitative estimate of drug-likeness (QED) is 0.270. The Bertz CT molecular complexity index is 1280. The number of nitrogens with zero attached hydrogens (tertiary/aromatic N) is 2. The van der Waals surface area contributed by atoms with E-state index in [9.17, 15) is 9.59 Å². The number of carbonyl (C=O) groups excluding carboxylic acids is 1. The Balaban J connectivity index is 1.23. The summed E-state index contributed by atoms with van der Waals surface area (Å²) in [6.45, 7) is 4.19. The lowest BCUT2D eigenvalue weighted by molar-refractivity contribution is -0.124. The molecule has 1 amide bonds. The lowest BCUT2D eigenvalue weighted by Gasteiger charge is -2.56. The first-order valence-corrected chi connectivity index (χ1v) is 14.0. The number of rotatable bonds is 7. The zero-order valence-electron chi connectivity index (χ0n) is 19.2. The predicted octanol–water partition coefficient (Wildman–Crippen LogP) is 5.49. The fourth-order valence-corrected chi connectivity index (χ4v) is 8.75. The number of thiophene rings is 1. The normalized spacial score (nSPS) is 27.2. The highest BCUT2D eigenvalue weighted by Gasteiger charge is 2.51. The fourth-order valence-electron chi connectivity index (χ4n) is 6.87. The zero-order valence-corrected chi connectivity index (χ0v) is 20.8. The maximum absolute atomic E-state index is 13.3. The van der Waals surface area contributed by atoms with Crippen LogP contribution in [0.1, 0.15) is 38.5 Å². The van der Waals surface area contributed by atoms with E-state index in [0.29, 0.717) is 21.9 Å². The van der Waals surface area contributed by atoms with Crippen LogP contribution in [0.5, 0.6) is 0 Å². The van der Waals surface area contributed by atoms with Gasteiger partial charge in [-0.05, 0) is 67.9 Å². The molecule has 176 valence electrons. The molecule has 0 spiro atoms. The van der Waals surface area contributed by atoms with E-state index in [-0.39, 0.29) is 22.8 Å². The highest BCUT2D eigenvalue weighted by molar-refractivity contribution is 7.99. The van der Waals surface area contributed by atoms with E-state index in [1.165, 1.54) is 42.4 Å². The first kappa shape index (κ1) is 22.1. The Morgan fingerprint density at radius 3 is 2.50 bits per heavy atom. The van der Waals surface area contributed by atoms with Gasteiger partial charge in [0, 0.05) is 17.0 Å². The molecule has 4 bridgehead atoms. The van der Waals surface area contributed by atoms with Gasteiger partial charge in [-0.3, -0.25) is 14.2 Å². The molecule has 7 heteroatoms. The van der Waals surface area contributed by atoms with Crippen LogP contribution in [-0.2, 0) is 11.3 Å². The van der Waals surface area contributed by atoms with E-state index in [2.05, 4.69) is 11.9 Å². The van der Waals surface area contributed by atoms with Gasteiger partial charge in [-0.1, -0.05) is 48.2 Å². The van der Waals surface area contributed by atoms with Crippen LogP contribution in [0, 0.1) is 17.8 Å². The number of carbonyl (C=O) groups is 1. The highest BCUT2D eigenvalue weighted by Crippen LogP contribution is 2.55. The summed E-state index contributed by atoms with van der Waals surface area (Å²) in [5.41, 5.74) is 1.000. The second-order valence-electron chi connectivity index (χ2n) is 10.3. The molecule has 4 aliphatic carbocycles. The Morgan fingerprint density at radius 2 is 1.85 bits per heavy atom. The third-order valence-corrected chi connectivity index (χ3v) is 9.82. The van der Waals surface area contributed by atoms with Gasteiger partial charge in [-0.2, -0.15) is 0 Å². The number of nitrogens with one attached hydrogen (secondary N) is 1. The molecule has 1 N–H and O–H groups in total. The minimum absolute atomic E-state index is 0.00287. The maximum Gasteiger partial charge on any atom is 0.263 e. The molecular formula is C27H29N3O2S2. The average molecular weight is 492 g/mol. The van der Waals surface area contributed by atoms with E-state index in [1.54, 1.807) is 10.6 Å². The second kappa shape index (κ2) is 8.68. The summed E-state index contributed by atoms with van der Waals surface area (Å²) in [4.78, 5) is 32.9. The monoisotopic (exact) mass is 491 g/mol. The smallest absolute Gasteiger partial charge is 0.263 e. The lowest BCUT2D eigenvalue weighted by Crippen LogP contribution is -2.60. The molecule has 2 heterocycles. The van der Waals surface area contributed by atoms with Crippen LogP contribution >= 0.6 is 23.1 Å². The summed E-state index contributed by atoms with van der Waals surface area (Å²) in [6, 6.07) is 12.0. The van der Waals surface area contributed by atoms with Crippen LogP contribution in [0.3, 0.4) is 0 Å². The van der Waals surface area contributed by atoms with Gasteiger partial charge in [0.05, 0.1) is 11.1 Å². The largest absolute Gasteiger partial charge is 0.350 e. The molecular weight excluding hydrogens is 462 g/mol. The summed E-state index contributed by atoms with van der Waals surface area (Å²) in [5.74, 6) is 2.70. The van der Waals surface area contributed by atoms with Gasteiger partial charge in [0.1, 0.15) is 4.83 Å². The SMILES string of the molecule is C=CCn1c(SCC(=O)NC23CC4CC(CC(C4)C2)C3)nc2sc(-c3ccccc3)cc2c1=O. The number of hydrogen-bond donors (Lipinski definition) is 1. The third-order valence-electron chi connectivity index (χ3n) is 7.76. The molecule has 7 rings (SSSR count). The topological polar surface area (TPSA) is 64.0 Å². The minimum Gasteiger partial charge on any atom is -0.350 e. The standard InChI is InChI=1S/C27H29N3O2S2/c1-2-8-30-25(32)21-12-22(20-6-4-3-5-7-20)34-24(21)28-26(30)33-16-23(31)29-27-13-17-9-18(14-27)11-19(10-17)15-27/h2-7,12,17-19H,1,8-11,13-16H2,(H,29,31). The molecule has 3 aromatic rings. The van der Waals surface area contributed by atoms with Crippen molar-refractivity contribution in [3.8, 4) is 10.4 Å². The number of hydrogen-bond acceptors (Lipinski definition) is 5. The maximum atomic E-state index is 13.3. The van der Waals surface area contributed by atoms with Crippen molar-refractivity contribution in [1.29, 1.82) is 0 Å². The van der Waals surface area contributed by atoms with Crippen LogP contribution in [0.15, 0.2) is 59.0 Å². The van der Waals surface area contributed by atoms with Crippen LogP contribution in [0.25, 0.3) is 20.7 Å². The molecule has 0 aliphatic heterocycles. The molecule has 0 unspecified atom stereocenters. The van der Waals surface area contributed by atoms with E-state index >= 15 is 0 Å². The molecule has 4 aliphatic rings. The molecule has 2 aromatic heterocycles.